The van der Waals surface area contributed by atoms with Crippen LogP contribution in [0.15, 0.2) is 17.0 Å². The van der Waals surface area contributed by atoms with Crippen LogP contribution in [0.3, 0.4) is 0 Å². The predicted molar refractivity (Wildman–Crippen MR) is 84.2 cm³/mol. The van der Waals surface area contributed by atoms with Crippen LogP contribution in [-0.4, -0.2) is 47.1 Å². The summed E-state index contributed by atoms with van der Waals surface area (Å²) in [5.74, 6) is 0.229. The highest BCUT2D eigenvalue weighted by molar-refractivity contribution is 7.89. The Morgan fingerprint density at radius 2 is 2.05 bits per heavy atom. The highest BCUT2D eigenvalue weighted by atomic mass is 35.5. The van der Waals surface area contributed by atoms with Crippen molar-refractivity contribution in [2.75, 3.05) is 27.7 Å². The van der Waals surface area contributed by atoms with Gasteiger partial charge in [-0.3, -0.25) is 0 Å². The summed E-state index contributed by atoms with van der Waals surface area (Å²) in [6.45, 7) is 2.34. The monoisotopic (exact) mass is 335 g/mol. The molecule has 8 heteroatoms. The van der Waals surface area contributed by atoms with Crippen molar-refractivity contribution in [3.63, 3.8) is 0 Å². The van der Waals surface area contributed by atoms with E-state index in [0.29, 0.717) is 10.6 Å². The van der Waals surface area contributed by atoms with Crippen LogP contribution in [0.1, 0.15) is 12.5 Å². The second kappa shape index (κ2) is 7.42. The summed E-state index contributed by atoms with van der Waals surface area (Å²) in [5.41, 5.74) is 6.16. The van der Waals surface area contributed by atoms with E-state index in [1.807, 2.05) is 25.9 Å². The minimum absolute atomic E-state index is 0.00362. The Kier molecular flexibility index (Phi) is 6.42. The lowest BCUT2D eigenvalue weighted by molar-refractivity contribution is 0.313. The first-order valence-corrected chi connectivity index (χ1v) is 8.31. The quantitative estimate of drug-likeness (QED) is 0.777. The van der Waals surface area contributed by atoms with Gasteiger partial charge in [0.2, 0.25) is 10.0 Å². The number of ether oxygens (including phenoxy) is 1. The molecule has 0 heterocycles. The van der Waals surface area contributed by atoms with Crippen molar-refractivity contribution >= 4 is 21.6 Å². The summed E-state index contributed by atoms with van der Waals surface area (Å²) in [6, 6.07) is 3.02. The largest absolute Gasteiger partial charge is 0.495 e. The van der Waals surface area contributed by atoms with E-state index in [1.165, 1.54) is 13.2 Å². The van der Waals surface area contributed by atoms with Crippen LogP contribution in [0.4, 0.5) is 0 Å². The zero-order chi connectivity index (χ0) is 16.2. The van der Waals surface area contributed by atoms with Crippen LogP contribution >= 0.6 is 11.6 Å². The average molecular weight is 336 g/mol. The SMILES string of the molecule is COc1c(CN)cc(Cl)cc1S(=O)(=O)NCC(C)N(C)C. The fourth-order valence-electron chi connectivity index (χ4n) is 1.70. The third kappa shape index (κ3) is 4.55. The molecule has 1 atom stereocenters. The molecule has 0 aliphatic rings. The highest BCUT2D eigenvalue weighted by Gasteiger charge is 2.23. The summed E-state index contributed by atoms with van der Waals surface area (Å²) in [5, 5.41) is 0.303. The Labute approximate surface area is 131 Å². The molecular weight excluding hydrogens is 314 g/mol. The normalized spacial score (nSPS) is 13.5. The van der Waals surface area contributed by atoms with Crippen LogP contribution in [0, 0.1) is 0 Å². The van der Waals surface area contributed by atoms with Gasteiger partial charge in [-0.15, -0.1) is 0 Å². The van der Waals surface area contributed by atoms with Crippen molar-refractivity contribution in [3.8, 4) is 5.75 Å². The van der Waals surface area contributed by atoms with E-state index >= 15 is 0 Å². The fraction of sp³-hybridized carbons (Fsp3) is 0.538. The Morgan fingerprint density at radius 3 is 2.52 bits per heavy atom. The Morgan fingerprint density at radius 1 is 1.43 bits per heavy atom. The smallest absolute Gasteiger partial charge is 0.244 e. The molecule has 0 bridgehead atoms. The first-order valence-electron chi connectivity index (χ1n) is 6.45. The van der Waals surface area contributed by atoms with Crippen LogP contribution in [0.2, 0.25) is 5.02 Å². The number of halogens is 1. The fourth-order valence-corrected chi connectivity index (χ4v) is 3.36. The van der Waals surface area contributed by atoms with Gasteiger partial charge in [-0.1, -0.05) is 11.6 Å². The summed E-state index contributed by atoms with van der Waals surface area (Å²) >= 11 is 5.97. The maximum atomic E-state index is 12.5. The maximum absolute atomic E-state index is 12.5. The topological polar surface area (TPSA) is 84.7 Å². The van der Waals surface area contributed by atoms with Crippen LogP contribution < -0.4 is 15.2 Å². The molecule has 3 N–H and O–H groups in total. The molecule has 1 aromatic rings. The molecule has 21 heavy (non-hydrogen) atoms. The molecule has 1 unspecified atom stereocenters. The van der Waals surface area contributed by atoms with Crippen molar-refractivity contribution in [1.29, 1.82) is 0 Å². The van der Waals surface area contributed by atoms with Gasteiger partial charge in [0.15, 0.2) is 0 Å². The first-order chi connectivity index (χ1) is 9.72. The van der Waals surface area contributed by atoms with Gasteiger partial charge in [-0.25, -0.2) is 13.1 Å². The van der Waals surface area contributed by atoms with Crippen molar-refractivity contribution in [2.45, 2.75) is 24.4 Å². The number of sulfonamides is 1. The minimum atomic E-state index is -3.73. The molecule has 0 saturated heterocycles. The molecule has 0 fully saturated rings. The van der Waals surface area contributed by atoms with Crippen LogP contribution in [-0.2, 0) is 16.6 Å². The summed E-state index contributed by atoms with van der Waals surface area (Å²) in [4.78, 5) is 1.92. The number of hydrogen-bond acceptors (Lipinski definition) is 5. The molecule has 0 aliphatic carbocycles. The number of nitrogens with one attached hydrogen (secondary N) is 1. The third-order valence-corrected chi connectivity index (χ3v) is 4.91. The van der Waals surface area contributed by atoms with Gasteiger partial charge in [-0.2, -0.15) is 0 Å². The number of nitrogens with two attached hydrogens (primary N) is 1. The van der Waals surface area contributed by atoms with E-state index in [4.69, 9.17) is 22.1 Å². The standard InChI is InChI=1S/C13H22ClN3O3S/c1-9(17(2)3)8-16-21(18,19)12-6-11(14)5-10(7-15)13(12)20-4/h5-6,9,16H,7-8,15H2,1-4H3. The van der Waals surface area contributed by atoms with E-state index in [0.717, 1.165) is 0 Å². The summed E-state index contributed by atoms with van der Waals surface area (Å²) in [7, 11) is 1.44. The first kappa shape index (κ1) is 18.2. The number of methoxy groups -OCH3 is 1. The molecule has 6 nitrogen and oxygen atoms in total. The number of hydrogen-bond donors (Lipinski definition) is 2. The zero-order valence-corrected chi connectivity index (χ0v) is 14.3. The Balaban J connectivity index is 3.16. The minimum Gasteiger partial charge on any atom is -0.495 e. The van der Waals surface area contributed by atoms with Gasteiger partial charge in [0, 0.05) is 29.7 Å². The average Bonchev–Trinajstić information content (AvgIpc) is 2.43. The molecular formula is C13H22ClN3O3S. The molecule has 0 aliphatic heterocycles. The van der Waals surface area contributed by atoms with Gasteiger partial charge >= 0.3 is 0 Å². The van der Waals surface area contributed by atoms with Gasteiger partial charge in [-0.05, 0) is 33.2 Å². The number of likely N-dealkylation sites (N-methyl/N-ethyl adjacent to an activating group) is 1. The second-order valence-electron chi connectivity index (χ2n) is 4.96. The third-order valence-electron chi connectivity index (χ3n) is 3.26. The van der Waals surface area contributed by atoms with E-state index in [9.17, 15) is 8.42 Å². The second-order valence-corrected chi connectivity index (χ2v) is 7.14. The molecule has 1 rings (SSSR count). The zero-order valence-electron chi connectivity index (χ0n) is 12.7. The van der Waals surface area contributed by atoms with Crippen molar-refractivity contribution in [1.82, 2.24) is 9.62 Å². The molecule has 0 radical (unpaired) electrons. The maximum Gasteiger partial charge on any atom is 0.244 e. The van der Waals surface area contributed by atoms with E-state index in [1.54, 1.807) is 6.07 Å². The molecule has 0 aromatic heterocycles. The van der Waals surface area contributed by atoms with Crippen molar-refractivity contribution in [3.05, 3.63) is 22.7 Å². The Hall–Kier alpha value is -0.860. The summed E-state index contributed by atoms with van der Waals surface area (Å²) in [6.07, 6.45) is 0. The van der Waals surface area contributed by atoms with E-state index < -0.39 is 10.0 Å². The van der Waals surface area contributed by atoms with Gasteiger partial charge < -0.3 is 15.4 Å². The lowest BCUT2D eigenvalue weighted by Gasteiger charge is -2.21. The lowest BCUT2D eigenvalue weighted by Crippen LogP contribution is -2.38. The lowest BCUT2D eigenvalue weighted by atomic mass is 10.2. The Bertz CT molecular complexity index is 591. The molecule has 0 amide bonds. The molecule has 0 spiro atoms. The molecule has 0 saturated carbocycles. The number of nitrogens with zero attached hydrogens (tertiary/aromatic N) is 1. The molecule has 1 aromatic carbocycles. The van der Waals surface area contributed by atoms with Gasteiger partial charge in [0.1, 0.15) is 10.6 Å². The van der Waals surface area contributed by atoms with Gasteiger partial charge in [0.05, 0.1) is 7.11 Å². The molecule has 120 valence electrons. The van der Waals surface area contributed by atoms with Gasteiger partial charge in [0.25, 0.3) is 0 Å². The van der Waals surface area contributed by atoms with Crippen LogP contribution in [0.25, 0.3) is 0 Å². The van der Waals surface area contributed by atoms with E-state index in [-0.39, 0.29) is 29.8 Å². The number of benzene rings is 1. The van der Waals surface area contributed by atoms with Crippen molar-refractivity contribution < 1.29 is 13.2 Å². The summed E-state index contributed by atoms with van der Waals surface area (Å²) < 4.78 is 32.7. The van der Waals surface area contributed by atoms with Crippen LogP contribution in [0.5, 0.6) is 5.75 Å². The highest BCUT2D eigenvalue weighted by Crippen LogP contribution is 2.31. The van der Waals surface area contributed by atoms with Crippen molar-refractivity contribution in [2.24, 2.45) is 5.73 Å². The number of rotatable bonds is 7. The van der Waals surface area contributed by atoms with E-state index in [2.05, 4.69) is 4.72 Å². The predicted octanol–water partition coefficient (Wildman–Crippen LogP) is 1.04.